The molecule has 1 aromatic rings. The third-order valence-corrected chi connectivity index (χ3v) is 3.42. The number of benzene rings is 1. The summed E-state index contributed by atoms with van der Waals surface area (Å²) in [7, 11) is 1.50. The maximum atomic E-state index is 12.2. The average Bonchev–Trinajstić information content (AvgIpc) is 2.60. The Labute approximate surface area is 134 Å². The van der Waals surface area contributed by atoms with E-state index in [1.54, 1.807) is 29.3 Å². The molecule has 8 heteroatoms. The molecule has 1 aliphatic heterocycles. The van der Waals surface area contributed by atoms with Gasteiger partial charge in [-0.25, -0.2) is 5.01 Å². The van der Waals surface area contributed by atoms with Crippen LogP contribution < -0.4 is 15.5 Å². The topological polar surface area (TPSA) is 100 Å². The van der Waals surface area contributed by atoms with Crippen molar-refractivity contribution in [3.8, 4) is 5.75 Å². The van der Waals surface area contributed by atoms with E-state index in [1.165, 1.54) is 7.11 Å². The lowest BCUT2D eigenvalue weighted by Crippen LogP contribution is -2.56. The molecule has 1 saturated heterocycles. The van der Waals surface area contributed by atoms with Gasteiger partial charge >= 0.3 is 0 Å². The predicted octanol–water partition coefficient (Wildman–Crippen LogP) is -0.851. The Morgan fingerprint density at radius 3 is 2.78 bits per heavy atom. The molecule has 0 aromatic heterocycles. The molecule has 23 heavy (non-hydrogen) atoms. The lowest BCUT2D eigenvalue weighted by Gasteiger charge is -2.28. The standard InChI is InChI=1S/C15H21N3O5/c1-22-12-4-2-3-11(9-12)14(20)16-13(10-19)15(21)17-18-5-7-23-8-6-18/h2-4,9,13,19H,5-8,10H2,1H3,(H,16,20)(H,17,21). The molecule has 8 nitrogen and oxygen atoms in total. The number of morpholine rings is 1. The molecule has 3 N–H and O–H groups in total. The molecule has 2 amide bonds. The van der Waals surface area contributed by atoms with Crippen LogP contribution in [0.5, 0.6) is 5.75 Å². The minimum absolute atomic E-state index is 0.349. The average molecular weight is 323 g/mol. The monoisotopic (exact) mass is 323 g/mol. The molecule has 1 aliphatic rings. The molecule has 0 saturated carbocycles. The van der Waals surface area contributed by atoms with Crippen molar-refractivity contribution in [2.24, 2.45) is 0 Å². The van der Waals surface area contributed by atoms with Crippen LogP contribution in [0.2, 0.25) is 0 Å². The summed E-state index contributed by atoms with van der Waals surface area (Å²) in [5.74, 6) is -0.387. The number of aliphatic hydroxyl groups excluding tert-OH is 1. The van der Waals surface area contributed by atoms with E-state index in [0.29, 0.717) is 37.6 Å². The summed E-state index contributed by atoms with van der Waals surface area (Å²) in [6, 6.07) is 5.52. The van der Waals surface area contributed by atoms with Crippen LogP contribution in [-0.4, -0.2) is 68.0 Å². The maximum absolute atomic E-state index is 12.2. The first-order valence-corrected chi connectivity index (χ1v) is 7.33. The Kier molecular flexibility index (Phi) is 6.33. The van der Waals surface area contributed by atoms with Gasteiger partial charge in [-0.2, -0.15) is 0 Å². The molecule has 0 radical (unpaired) electrons. The largest absolute Gasteiger partial charge is 0.497 e. The Morgan fingerprint density at radius 2 is 2.13 bits per heavy atom. The summed E-state index contributed by atoms with van der Waals surface area (Å²) in [4.78, 5) is 24.3. The van der Waals surface area contributed by atoms with Gasteiger partial charge in [0.15, 0.2) is 0 Å². The summed E-state index contributed by atoms with van der Waals surface area (Å²) in [6.07, 6.45) is 0. The lowest BCUT2D eigenvalue weighted by molar-refractivity contribution is -0.130. The number of carbonyl (C=O) groups is 2. The van der Waals surface area contributed by atoms with Gasteiger partial charge in [0, 0.05) is 18.7 Å². The van der Waals surface area contributed by atoms with Crippen molar-refractivity contribution in [2.75, 3.05) is 40.0 Å². The summed E-state index contributed by atoms with van der Waals surface area (Å²) >= 11 is 0. The molecule has 1 fully saturated rings. The second-order valence-electron chi connectivity index (χ2n) is 5.02. The number of ether oxygens (including phenoxy) is 2. The van der Waals surface area contributed by atoms with Crippen LogP contribution in [0.1, 0.15) is 10.4 Å². The van der Waals surface area contributed by atoms with E-state index in [2.05, 4.69) is 10.7 Å². The van der Waals surface area contributed by atoms with Crippen molar-refractivity contribution < 1.29 is 24.2 Å². The minimum Gasteiger partial charge on any atom is -0.497 e. The van der Waals surface area contributed by atoms with E-state index in [0.717, 1.165) is 0 Å². The smallest absolute Gasteiger partial charge is 0.259 e. The summed E-state index contributed by atoms with van der Waals surface area (Å²) in [5.41, 5.74) is 3.01. The first kappa shape index (κ1) is 17.2. The van der Waals surface area contributed by atoms with Crippen molar-refractivity contribution in [2.45, 2.75) is 6.04 Å². The molecule has 1 atom stereocenters. The van der Waals surface area contributed by atoms with Crippen molar-refractivity contribution in [1.82, 2.24) is 15.8 Å². The Hall–Kier alpha value is -2.16. The number of hydrogen-bond donors (Lipinski definition) is 3. The molecule has 1 heterocycles. The van der Waals surface area contributed by atoms with Gasteiger partial charge < -0.3 is 19.9 Å². The Bertz CT molecular complexity index is 546. The van der Waals surface area contributed by atoms with Gasteiger partial charge in [-0.1, -0.05) is 6.07 Å². The molecule has 1 unspecified atom stereocenters. The van der Waals surface area contributed by atoms with E-state index in [9.17, 15) is 14.7 Å². The fourth-order valence-corrected chi connectivity index (χ4v) is 2.11. The van der Waals surface area contributed by atoms with Gasteiger partial charge in [-0.3, -0.25) is 15.0 Å². The van der Waals surface area contributed by atoms with E-state index in [1.807, 2.05) is 0 Å². The molecular weight excluding hydrogens is 302 g/mol. The Balaban J connectivity index is 1.94. The minimum atomic E-state index is -1.03. The molecule has 2 rings (SSSR count). The summed E-state index contributed by atoms with van der Waals surface area (Å²) in [6.45, 7) is 1.69. The van der Waals surface area contributed by atoms with Crippen molar-refractivity contribution in [1.29, 1.82) is 0 Å². The highest BCUT2D eigenvalue weighted by Gasteiger charge is 2.23. The number of methoxy groups -OCH3 is 1. The number of carbonyl (C=O) groups excluding carboxylic acids is 2. The van der Waals surface area contributed by atoms with Gasteiger partial charge in [0.25, 0.3) is 11.8 Å². The van der Waals surface area contributed by atoms with Gasteiger partial charge in [0.2, 0.25) is 0 Å². The number of rotatable bonds is 6. The second-order valence-corrected chi connectivity index (χ2v) is 5.02. The van der Waals surface area contributed by atoms with Crippen LogP contribution in [0.4, 0.5) is 0 Å². The Morgan fingerprint density at radius 1 is 1.39 bits per heavy atom. The highest BCUT2D eigenvalue weighted by Crippen LogP contribution is 2.12. The lowest BCUT2D eigenvalue weighted by atomic mass is 10.2. The van der Waals surface area contributed by atoms with Crippen LogP contribution in [0.15, 0.2) is 24.3 Å². The zero-order valence-corrected chi connectivity index (χ0v) is 12.9. The van der Waals surface area contributed by atoms with Crippen LogP contribution >= 0.6 is 0 Å². The zero-order chi connectivity index (χ0) is 16.7. The van der Waals surface area contributed by atoms with Crippen LogP contribution in [0.25, 0.3) is 0 Å². The normalized spacial score (nSPS) is 16.4. The third-order valence-electron chi connectivity index (χ3n) is 3.42. The second kappa shape index (κ2) is 8.47. The number of hydrogen-bond acceptors (Lipinski definition) is 6. The molecule has 0 spiro atoms. The maximum Gasteiger partial charge on any atom is 0.259 e. The summed E-state index contributed by atoms with van der Waals surface area (Å²) < 4.78 is 10.2. The van der Waals surface area contributed by atoms with Gasteiger partial charge in [-0.15, -0.1) is 0 Å². The van der Waals surface area contributed by atoms with E-state index >= 15 is 0 Å². The molecule has 126 valence electrons. The fourth-order valence-electron chi connectivity index (χ4n) is 2.11. The van der Waals surface area contributed by atoms with Crippen molar-refractivity contribution >= 4 is 11.8 Å². The molecule has 0 aliphatic carbocycles. The first-order chi connectivity index (χ1) is 11.1. The van der Waals surface area contributed by atoms with Crippen LogP contribution in [0.3, 0.4) is 0 Å². The van der Waals surface area contributed by atoms with E-state index in [4.69, 9.17) is 9.47 Å². The molecular formula is C15H21N3O5. The fraction of sp³-hybridized carbons (Fsp3) is 0.467. The van der Waals surface area contributed by atoms with Crippen molar-refractivity contribution in [3.63, 3.8) is 0 Å². The molecule has 1 aromatic carbocycles. The highest BCUT2D eigenvalue weighted by molar-refractivity contribution is 5.97. The SMILES string of the molecule is COc1cccc(C(=O)NC(CO)C(=O)NN2CCOCC2)c1. The number of hydrazine groups is 1. The quantitative estimate of drug-likeness (QED) is 0.630. The third kappa shape index (κ3) is 4.92. The molecule has 0 bridgehead atoms. The van der Waals surface area contributed by atoms with Gasteiger partial charge in [-0.05, 0) is 18.2 Å². The zero-order valence-electron chi connectivity index (χ0n) is 12.9. The first-order valence-electron chi connectivity index (χ1n) is 7.33. The van der Waals surface area contributed by atoms with Gasteiger partial charge in [0.1, 0.15) is 11.8 Å². The number of nitrogens with one attached hydrogen (secondary N) is 2. The number of nitrogens with zero attached hydrogens (tertiary/aromatic N) is 1. The van der Waals surface area contributed by atoms with E-state index < -0.39 is 24.5 Å². The number of amides is 2. The number of aliphatic hydroxyl groups is 1. The van der Waals surface area contributed by atoms with Crippen LogP contribution in [0, 0.1) is 0 Å². The van der Waals surface area contributed by atoms with Crippen molar-refractivity contribution in [3.05, 3.63) is 29.8 Å². The van der Waals surface area contributed by atoms with Crippen LogP contribution in [-0.2, 0) is 9.53 Å². The highest BCUT2D eigenvalue weighted by atomic mass is 16.5. The van der Waals surface area contributed by atoms with E-state index in [-0.39, 0.29) is 0 Å². The summed E-state index contributed by atoms with van der Waals surface area (Å²) in [5, 5.41) is 13.6. The van der Waals surface area contributed by atoms with Gasteiger partial charge in [0.05, 0.1) is 26.9 Å². The predicted molar refractivity (Wildman–Crippen MR) is 81.9 cm³/mol.